The van der Waals surface area contributed by atoms with E-state index in [4.69, 9.17) is 10.2 Å². The van der Waals surface area contributed by atoms with Gasteiger partial charge in [-0.3, -0.25) is 14.9 Å². The lowest BCUT2D eigenvalue weighted by atomic mass is 10.4. The molecule has 0 aliphatic rings. The summed E-state index contributed by atoms with van der Waals surface area (Å²) in [6, 6.07) is 1.31. The number of carboxylic acid groups (broad SMARTS) is 2. The zero-order valence-corrected chi connectivity index (χ0v) is 10.9. The number of aromatic nitrogens is 2. The lowest BCUT2D eigenvalue weighted by Gasteiger charge is -2.03. The van der Waals surface area contributed by atoms with E-state index in [0.717, 1.165) is 12.2 Å². The number of carboxylic acids is 2. The Labute approximate surface area is 123 Å². The maximum atomic E-state index is 11.3. The van der Waals surface area contributed by atoms with Crippen LogP contribution >= 0.6 is 0 Å². The van der Waals surface area contributed by atoms with Crippen LogP contribution in [0.3, 0.4) is 0 Å². The summed E-state index contributed by atoms with van der Waals surface area (Å²) >= 11 is 0. The average molecular weight is 306 g/mol. The van der Waals surface area contributed by atoms with Crippen molar-refractivity contribution < 1.29 is 29.4 Å². The van der Waals surface area contributed by atoms with Gasteiger partial charge in [-0.25, -0.2) is 14.6 Å². The first kappa shape index (κ1) is 16.5. The molecule has 2 amide bonds. The van der Waals surface area contributed by atoms with Crippen molar-refractivity contribution in [3.05, 3.63) is 36.6 Å². The number of rotatable bonds is 6. The summed E-state index contributed by atoms with van der Waals surface area (Å²) in [6.07, 6.45) is 4.08. The number of nitrogens with zero attached hydrogens (tertiary/aromatic N) is 2. The van der Waals surface area contributed by atoms with E-state index in [1.165, 1.54) is 12.3 Å². The highest BCUT2D eigenvalue weighted by Gasteiger charge is 2.05. The van der Waals surface area contributed by atoms with Crippen molar-refractivity contribution in [3.8, 4) is 0 Å². The molecule has 1 aromatic heterocycles. The lowest BCUT2D eigenvalue weighted by Crippen LogP contribution is -2.14. The number of hydrogen-bond donors (Lipinski definition) is 4. The van der Waals surface area contributed by atoms with Gasteiger partial charge < -0.3 is 15.5 Å². The van der Waals surface area contributed by atoms with Crippen molar-refractivity contribution in [2.24, 2.45) is 0 Å². The Hall–Kier alpha value is -3.56. The van der Waals surface area contributed by atoms with Gasteiger partial charge in [0.15, 0.2) is 0 Å². The molecule has 0 aliphatic heterocycles. The van der Waals surface area contributed by atoms with E-state index < -0.39 is 23.8 Å². The molecular formula is C12H10N4O6. The van der Waals surface area contributed by atoms with Crippen LogP contribution in [0.25, 0.3) is 0 Å². The Morgan fingerprint density at radius 1 is 0.909 bits per heavy atom. The molecule has 1 rings (SSSR count). The summed E-state index contributed by atoms with van der Waals surface area (Å²) in [5, 5.41) is 21.2. The van der Waals surface area contributed by atoms with Crippen LogP contribution in [0.15, 0.2) is 36.6 Å². The summed E-state index contributed by atoms with van der Waals surface area (Å²) in [7, 11) is 0. The molecular weight excluding hydrogens is 296 g/mol. The first-order chi connectivity index (χ1) is 10.4. The molecule has 22 heavy (non-hydrogen) atoms. The summed E-state index contributed by atoms with van der Waals surface area (Å²) in [5.74, 6) is -4.22. The van der Waals surface area contributed by atoms with Crippen molar-refractivity contribution >= 4 is 35.5 Å². The number of nitrogens with one attached hydrogen (secondary N) is 2. The summed E-state index contributed by atoms with van der Waals surface area (Å²) in [6.45, 7) is 0. The second kappa shape index (κ2) is 7.89. The van der Waals surface area contributed by atoms with Crippen LogP contribution in [0.2, 0.25) is 0 Å². The number of amides is 2. The number of anilines is 2. The zero-order valence-electron chi connectivity index (χ0n) is 10.9. The number of carbonyl (C=O) groups excluding carboxylic acids is 2. The quantitative estimate of drug-likeness (QED) is 0.518. The highest BCUT2D eigenvalue weighted by molar-refractivity contribution is 6.03. The van der Waals surface area contributed by atoms with Crippen LogP contribution in [-0.2, 0) is 19.2 Å². The molecule has 0 bridgehead atoms. The van der Waals surface area contributed by atoms with E-state index in [-0.39, 0.29) is 11.8 Å². The molecule has 0 aliphatic carbocycles. The van der Waals surface area contributed by atoms with Gasteiger partial charge >= 0.3 is 11.9 Å². The van der Waals surface area contributed by atoms with Crippen molar-refractivity contribution in [1.82, 2.24) is 9.97 Å². The van der Waals surface area contributed by atoms with E-state index in [1.54, 1.807) is 0 Å². The highest BCUT2D eigenvalue weighted by Crippen LogP contribution is 2.05. The van der Waals surface area contributed by atoms with Gasteiger partial charge in [0, 0.05) is 30.5 Å². The van der Waals surface area contributed by atoms with E-state index in [0.29, 0.717) is 12.2 Å². The molecule has 4 N–H and O–H groups in total. The van der Waals surface area contributed by atoms with Crippen LogP contribution in [0.4, 0.5) is 11.8 Å². The van der Waals surface area contributed by atoms with Gasteiger partial charge in [-0.05, 0) is 6.07 Å². The summed E-state index contributed by atoms with van der Waals surface area (Å²) in [5.41, 5.74) is 0. The lowest BCUT2D eigenvalue weighted by molar-refractivity contribution is -0.132. The van der Waals surface area contributed by atoms with Gasteiger partial charge in [0.05, 0.1) is 0 Å². The van der Waals surface area contributed by atoms with Crippen molar-refractivity contribution in [2.75, 3.05) is 10.6 Å². The Morgan fingerprint density at radius 2 is 1.45 bits per heavy atom. The van der Waals surface area contributed by atoms with Crippen LogP contribution < -0.4 is 10.6 Å². The van der Waals surface area contributed by atoms with E-state index in [2.05, 4.69) is 20.6 Å². The molecule has 0 unspecified atom stereocenters. The second-order valence-electron chi connectivity index (χ2n) is 3.59. The fraction of sp³-hybridized carbons (Fsp3) is 0. The zero-order chi connectivity index (χ0) is 16.5. The molecule has 0 fully saturated rings. The van der Waals surface area contributed by atoms with Crippen molar-refractivity contribution in [2.45, 2.75) is 0 Å². The molecule has 1 aromatic rings. The van der Waals surface area contributed by atoms with Gasteiger partial charge in [-0.15, -0.1) is 0 Å². The largest absolute Gasteiger partial charge is 0.478 e. The second-order valence-corrected chi connectivity index (χ2v) is 3.59. The molecule has 0 atom stereocenters. The topological polar surface area (TPSA) is 159 Å². The molecule has 10 nitrogen and oxygen atoms in total. The molecule has 0 saturated carbocycles. The Kier molecular flexibility index (Phi) is 5.92. The van der Waals surface area contributed by atoms with Crippen LogP contribution in [-0.4, -0.2) is 43.9 Å². The smallest absolute Gasteiger partial charge is 0.328 e. The van der Waals surface area contributed by atoms with Gasteiger partial charge in [0.1, 0.15) is 5.82 Å². The molecule has 0 aromatic carbocycles. The van der Waals surface area contributed by atoms with Crippen molar-refractivity contribution in [3.63, 3.8) is 0 Å². The first-order valence-corrected chi connectivity index (χ1v) is 5.64. The Bertz CT molecular complexity index is 614. The Morgan fingerprint density at radius 3 is 2.00 bits per heavy atom. The minimum absolute atomic E-state index is 0.0209. The normalized spacial score (nSPS) is 10.5. The Balaban J connectivity index is 2.70. The highest BCUT2D eigenvalue weighted by atomic mass is 16.4. The summed E-state index contributed by atoms with van der Waals surface area (Å²) < 4.78 is 0. The third-order valence-electron chi connectivity index (χ3n) is 1.90. The van der Waals surface area contributed by atoms with Crippen molar-refractivity contribution in [1.29, 1.82) is 0 Å². The average Bonchev–Trinajstić information content (AvgIpc) is 2.43. The third kappa shape index (κ3) is 6.56. The van der Waals surface area contributed by atoms with Gasteiger partial charge in [-0.1, -0.05) is 0 Å². The molecule has 1 heterocycles. The van der Waals surface area contributed by atoms with E-state index in [9.17, 15) is 19.2 Å². The van der Waals surface area contributed by atoms with Gasteiger partial charge in [0.25, 0.3) is 5.91 Å². The fourth-order valence-corrected chi connectivity index (χ4v) is 1.10. The summed E-state index contributed by atoms with van der Waals surface area (Å²) in [4.78, 5) is 50.6. The minimum Gasteiger partial charge on any atom is -0.478 e. The van der Waals surface area contributed by atoms with E-state index >= 15 is 0 Å². The SMILES string of the molecule is O=C(O)C=CC(=O)Nc1ccnc(NC(=O)C=CC(=O)O)n1. The fourth-order valence-electron chi connectivity index (χ4n) is 1.10. The molecule has 0 radical (unpaired) electrons. The predicted octanol–water partition coefficient (Wildman–Crippen LogP) is -0.365. The first-order valence-electron chi connectivity index (χ1n) is 5.64. The third-order valence-corrected chi connectivity index (χ3v) is 1.90. The van der Waals surface area contributed by atoms with Crippen LogP contribution in [0, 0.1) is 0 Å². The van der Waals surface area contributed by atoms with Crippen LogP contribution in [0.5, 0.6) is 0 Å². The number of hydrogen-bond acceptors (Lipinski definition) is 6. The monoisotopic (exact) mass is 306 g/mol. The van der Waals surface area contributed by atoms with E-state index in [1.807, 2.05) is 0 Å². The van der Waals surface area contributed by atoms with Gasteiger partial charge in [-0.2, -0.15) is 4.98 Å². The van der Waals surface area contributed by atoms with Crippen LogP contribution in [0.1, 0.15) is 0 Å². The standard InChI is InChI=1S/C12H10N4O6/c17-8(1-3-10(19)20)14-7-5-6-13-12(15-7)16-9(18)2-4-11(21)22/h1-6H,(H,19,20)(H,21,22)(H2,13,14,15,16,17,18). The molecule has 0 saturated heterocycles. The maximum Gasteiger partial charge on any atom is 0.328 e. The number of aliphatic carboxylic acids is 2. The maximum absolute atomic E-state index is 11.3. The molecule has 114 valence electrons. The predicted molar refractivity (Wildman–Crippen MR) is 72.8 cm³/mol. The minimum atomic E-state index is -1.29. The molecule has 10 heteroatoms. The molecule has 0 spiro atoms. The number of carbonyl (C=O) groups is 4. The van der Waals surface area contributed by atoms with Gasteiger partial charge in [0.2, 0.25) is 11.9 Å².